The van der Waals surface area contributed by atoms with Crippen LogP contribution in [-0.2, 0) is 6.54 Å². The summed E-state index contributed by atoms with van der Waals surface area (Å²) in [5.41, 5.74) is 5.50. The van der Waals surface area contributed by atoms with Gasteiger partial charge in [0, 0.05) is 62.4 Å². The van der Waals surface area contributed by atoms with Gasteiger partial charge in [-0.15, -0.1) is 0 Å². The summed E-state index contributed by atoms with van der Waals surface area (Å²) in [5, 5.41) is 6.12. The van der Waals surface area contributed by atoms with Crippen molar-refractivity contribution in [1.82, 2.24) is 20.1 Å². The van der Waals surface area contributed by atoms with Gasteiger partial charge in [-0.25, -0.2) is 0 Å². The van der Waals surface area contributed by atoms with Crippen LogP contribution in [0.3, 0.4) is 0 Å². The zero-order valence-corrected chi connectivity index (χ0v) is 19.9. The highest BCUT2D eigenvalue weighted by atomic mass is 16.2. The number of anilines is 1. The molecule has 2 amide bonds. The zero-order valence-electron chi connectivity index (χ0n) is 19.9. The van der Waals surface area contributed by atoms with Gasteiger partial charge in [-0.05, 0) is 67.1 Å². The van der Waals surface area contributed by atoms with Gasteiger partial charge in [0.05, 0.1) is 6.04 Å². The van der Waals surface area contributed by atoms with E-state index < -0.39 is 0 Å². The summed E-state index contributed by atoms with van der Waals surface area (Å²) in [6.45, 7) is 4.70. The lowest BCUT2D eigenvalue weighted by Crippen LogP contribution is -2.49. The fourth-order valence-corrected chi connectivity index (χ4v) is 4.28. The molecule has 0 saturated carbocycles. The smallest absolute Gasteiger partial charge is 0.254 e. The SMILES string of the molecule is CNC(=O)c1cccc([C@@H]2CN(C(=O)c3ccc(C)c(NCc4ccncc4)c3)CCN2C)c1. The minimum absolute atomic E-state index is 0.0208. The van der Waals surface area contributed by atoms with E-state index >= 15 is 0 Å². The average Bonchev–Trinajstić information content (AvgIpc) is 2.88. The van der Waals surface area contributed by atoms with Gasteiger partial charge in [0.2, 0.25) is 0 Å². The third-order valence-corrected chi connectivity index (χ3v) is 6.41. The van der Waals surface area contributed by atoms with Crippen LogP contribution in [0.25, 0.3) is 0 Å². The molecule has 176 valence electrons. The number of pyridine rings is 1. The van der Waals surface area contributed by atoms with Crippen molar-refractivity contribution in [2.24, 2.45) is 0 Å². The molecule has 0 spiro atoms. The number of hydrogen-bond acceptors (Lipinski definition) is 5. The molecule has 1 fully saturated rings. The lowest BCUT2D eigenvalue weighted by Gasteiger charge is -2.40. The van der Waals surface area contributed by atoms with Crippen molar-refractivity contribution in [1.29, 1.82) is 0 Å². The molecule has 7 heteroatoms. The van der Waals surface area contributed by atoms with E-state index in [4.69, 9.17) is 0 Å². The molecule has 34 heavy (non-hydrogen) atoms. The van der Waals surface area contributed by atoms with E-state index in [9.17, 15) is 9.59 Å². The van der Waals surface area contributed by atoms with Crippen molar-refractivity contribution in [3.63, 3.8) is 0 Å². The highest BCUT2D eigenvalue weighted by Gasteiger charge is 2.29. The molecule has 1 atom stereocenters. The van der Waals surface area contributed by atoms with Crippen LogP contribution in [0, 0.1) is 6.92 Å². The third kappa shape index (κ3) is 5.26. The Hall–Kier alpha value is -3.71. The van der Waals surface area contributed by atoms with Gasteiger partial charge in [-0.2, -0.15) is 0 Å². The van der Waals surface area contributed by atoms with E-state index in [-0.39, 0.29) is 17.9 Å². The summed E-state index contributed by atoms with van der Waals surface area (Å²) < 4.78 is 0. The van der Waals surface area contributed by atoms with Crippen molar-refractivity contribution >= 4 is 17.5 Å². The second-order valence-corrected chi connectivity index (χ2v) is 8.69. The van der Waals surface area contributed by atoms with Crippen LogP contribution in [0.1, 0.15) is 43.4 Å². The Balaban J connectivity index is 1.50. The Morgan fingerprint density at radius 3 is 2.59 bits per heavy atom. The topological polar surface area (TPSA) is 77.6 Å². The fourth-order valence-electron chi connectivity index (χ4n) is 4.28. The highest BCUT2D eigenvalue weighted by Crippen LogP contribution is 2.27. The second-order valence-electron chi connectivity index (χ2n) is 8.69. The van der Waals surface area contributed by atoms with Gasteiger partial charge in [0.1, 0.15) is 0 Å². The van der Waals surface area contributed by atoms with Gasteiger partial charge < -0.3 is 15.5 Å². The molecule has 2 aromatic carbocycles. The Labute approximate surface area is 200 Å². The molecule has 3 aromatic rings. The lowest BCUT2D eigenvalue weighted by molar-refractivity contribution is 0.0545. The molecular weight excluding hydrogens is 426 g/mol. The van der Waals surface area contributed by atoms with Crippen molar-refractivity contribution in [3.8, 4) is 0 Å². The summed E-state index contributed by atoms with van der Waals surface area (Å²) >= 11 is 0. The normalized spacial score (nSPS) is 16.2. The van der Waals surface area contributed by atoms with Crippen molar-refractivity contribution in [3.05, 3.63) is 94.8 Å². The largest absolute Gasteiger partial charge is 0.381 e. The molecular formula is C27H31N5O2. The third-order valence-electron chi connectivity index (χ3n) is 6.41. The Bertz CT molecular complexity index is 1160. The van der Waals surface area contributed by atoms with Crippen LogP contribution in [0.15, 0.2) is 67.0 Å². The van der Waals surface area contributed by atoms with Crippen LogP contribution < -0.4 is 10.6 Å². The summed E-state index contributed by atoms with van der Waals surface area (Å²) in [6, 6.07) is 17.4. The summed E-state index contributed by atoms with van der Waals surface area (Å²) in [7, 11) is 3.69. The number of carbonyl (C=O) groups excluding carboxylic acids is 2. The van der Waals surface area contributed by atoms with Crippen LogP contribution in [-0.4, -0.2) is 60.3 Å². The van der Waals surface area contributed by atoms with E-state index in [1.807, 2.05) is 60.4 Å². The van der Waals surface area contributed by atoms with E-state index in [0.717, 1.165) is 28.9 Å². The van der Waals surface area contributed by atoms with Crippen LogP contribution >= 0.6 is 0 Å². The number of aromatic nitrogens is 1. The predicted octanol–water partition coefficient (Wildman–Crippen LogP) is 3.49. The molecule has 2 heterocycles. The molecule has 1 aliphatic heterocycles. The average molecular weight is 458 g/mol. The number of amides is 2. The monoisotopic (exact) mass is 457 g/mol. The summed E-state index contributed by atoms with van der Waals surface area (Å²) in [4.78, 5) is 33.7. The second kappa shape index (κ2) is 10.5. The first-order chi connectivity index (χ1) is 16.5. The number of rotatable bonds is 6. The Morgan fingerprint density at radius 2 is 1.82 bits per heavy atom. The maximum absolute atomic E-state index is 13.4. The number of benzene rings is 2. The maximum Gasteiger partial charge on any atom is 0.254 e. The summed E-state index contributed by atoms with van der Waals surface area (Å²) in [5.74, 6) is -0.0905. The zero-order chi connectivity index (χ0) is 24.1. The predicted molar refractivity (Wildman–Crippen MR) is 134 cm³/mol. The molecule has 0 bridgehead atoms. The molecule has 1 saturated heterocycles. The number of aryl methyl sites for hydroxylation is 1. The van der Waals surface area contributed by atoms with Crippen LogP contribution in [0.2, 0.25) is 0 Å². The Kier molecular flexibility index (Phi) is 7.23. The number of likely N-dealkylation sites (N-methyl/N-ethyl adjacent to an activating group) is 1. The fraction of sp³-hybridized carbons (Fsp3) is 0.296. The van der Waals surface area contributed by atoms with E-state index in [1.54, 1.807) is 25.5 Å². The van der Waals surface area contributed by atoms with E-state index in [1.165, 1.54) is 0 Å². The maximum atomic E-state index is 13.4. The number of hydrogen-bond donors (Lipinski definition) is 2. The van der Waals surface area contributed by atoms with E-state index in [0.29, 0.717) is 30.8 Å². The van der Waals surface area contributed by atoms with Crippen LogP contribution in [0.5, 0.6) is 0 Å². The van der Waals surface area contributed by atoms with Crippen molar-refractivity contribution < 1.29 is 9.59 Å². The number of nitrogens with zero attached hydrogens (tertiary/aromatic N) is 3. The van der Waals surface area contributed by atoms with Gasteiger partial charge in [-0.3, -0.25) is 19.5 Å². The van der Waals surface area contributed by atoms with Gasteiger partial charge in [0.25, 0.3) is 11.8 Å². The molecule has 1 aromatic heterocycles. The molecule has 0 radical (unpaired) electrons. The minimum atomic E-state index is -0.111. The highest BCUT2D eigenvalue weighted by molar-refractivity contribution is 5.96. The minimum Gasteiger partial charge on any atom is -0.381 e. The molecule has 4 rings (SSSR count). The van der Waals surface area contributed by atoms with Gasteiger partial charge in [-0.1, -0.05) is 18.2 Å². The number of piperazine rings is 1. The molecule has 0 unspecified atom stereocenters. The standard InChI is InChI=1S/C27H31N5O2/c1-19-7-8-23(16-24(19)30-17-20-9-11-29-12-10-20)27(34)32-14-13-31(3)25(18-32)21-5-4-6-22(15-21)26(33)28-2/h4-12,15-16,25,30H,13-14,17-18H2,1-3H3,(H,28,33)/t25-/m0/s1. The first-order valence-corrected chi connectivity index (χ1v) is 11.5. The van der Waals surface area contributed by atoms with Gasteiger partial charge in [0.15, 0.2) is 0 Å². The first-order valence-electron chi connectivity index (χ1n) is 11.5. The lowest BCUT2D eigenvalue weighted by atomic mass is 9.99. The quantitative estimate of drug-likeness (QED) is 0.593. The number of carbonyl (C=O) groups is 2. The van der Waals surface area contributed by atoms with Gasteiger partial charge >= 0.3 is 0 Å². The first kappa shape index (κ1) is 23.4. The Morgan fingerprint density at radius 1 is 1.03 bits per heavy atom. The molecule has 7 nitrogen and oxygen atoms in total. The number of nitrogens with one attached hydrogen (secondary N) is 2. The van der Waals surface area contributed by atoms with Crippen molar-refractivity contribution in [2.75, 3.05) is 39.0 Å². The van der Waals surface area contributed by atoms with Crippen LogP contribution in [0.4, 0.5) is 5.69 Å². The van der Waals surface area contributed by atoms with E-state index in [2.05, 4.69) is 27.6 Å². The molecule has 1 aliphatic rings. The molecule has 0 aliphatic carbocycles. The van der Waals surface area contributed by atoms with Crippen molar-refractivity contribution in [2.45, 2.75) is 19.5 Å². The molecule has 2 N–H and O–H groups in total. The summed E-state index contributed by atoms with van der Waals surface area (Å²) in [6.07, 6.45) is 3.55.